The normalized spacial score (nSPS) is 28.2. The summed E-state index contributed by atoms with van der Waals surface area (Å²) < 4.78 is 23.0. The molecule has 2 aromatic rings. The summed E-state index contributed by atoms with van der Waals surface area (Å²) in [5.74, 6) is 1.29. The van der Waals surface area contributed by atoms with Gasteiger partial charge in [0.1, 0.15) is 42.0 Å². The molecule has 0 saturated carbocycles. The molecule has 2 aliphatic heterocycles. The van der Waals surface area contributed by atoms with Crippen molar-refractivity contribution in [2.24, 2.45) is 0 Å². The number of hydrogen-bond acceptors (Lipinski definition) is 7. The van der Waals surface area contributed by atoms with Crippen molar-refractivity contribution < 1.29 is 34.3 Å². The lowest BCUT2D eigenvalue weighted by atomic mass is 9.89. The third-order valence-electron chi connectivity index (χ3n) is 5.80. The zero-order valence-electron chi connectivity index (χ0n) is 17.9. The molecule has 1 fully saturated rings. The van der Waals surface area contributed by atoms with E-state index in [1.165, 1.54) is 0 Å². The van der Waals surface area contributed by atoms with Crippen molar-refractivity contribution in [2.45, 2.75) is 50.3 Å². The zero-order chi connectivity index (χ0) is 22.7. The molecular weight excluding hydrogens is 436 g/mol. The molecule has 4 rings (SSSR count). The van der Waals surface area contributed by atoms with Gasteiger partial charge in [-0.15, -0.1) is 0 Å². The molecule has 3 N–H and O–H groups in total. The molecule has 2 bridgehead atoms. The summed E-state index contributed by atoms with van der Waals surface area (Å²) in [6, 6.07) is 11.4. The van der Waals surface area contributed by atoms with E-state index in [-0.39, 0.29) is 6.61 Å². The molecule has 8 heteroatoms. The van der Waals surface area contributed by atoms with Crippen molar-refractivity contribution in [1.29, 1.82) is 0 Å². The first-order valence-corrected chi connectivity index (χ1v) is 11.3. The number of aliphatic hydroxyl groups is 3. The molecular formula is C24H29ClO7. The maximum absolute atomic E-state index is 10.7. The van der Waals surface area contributed by atoms with Gasteiger partial charge in [0.25, 0.3) is 0 Å². The molecule has 5 atom stereocenters. The average molecular weight is 465 g/mol. The molecule has 0 radical (unpaired) electrons. The van der Waals surface area contributed by atoms with Crippen LogP contribution in [-0.4, -0.2) is 66.2 Å². The minimum atomic E-state index is -1.37. The second kappa shape index (κ2) is 10.4. The van der Waals surface area contributed by atoms with Crippen LogP contribution in [0, 0.1) is 0 Å². The standard InChI is InChI=1S/C24H29ClO7/c1-2-30-16-6-4-14(5-7-16)10-15-11-17-19(12-18(15)25)31-9-3-8-29-13-20-21(26)22(27)23(28)24(17)32-20/h4-7,11-12,20-24,26-28H,2-3,8-10,13H2,1H3. The summed E-state index contributed by atoms with van der Waals surface area (Å²) in [6.07, 6.45) is -4.42. The fourth-order valence-electron chi connectivity index (χ4n) is 4.08. The van der Waals surface area contributed by atoms with Crippen molar-refractivity contribution in [1.82, 2.24) is 0 Å². The van der Waals surface area contributed by atoms with Gasteiger partial charge >= 0.3 is 0 Å². The van der Waals surface area contributed by atoms with E-state index in [2.05, 4.69) is 0 Å². The van der Waals surface area contributed by atoms with E-state index in [4.69, 9.17) is 30.5 Å². The van der Waals surface area contributed by atoms with Crippen LogP contribution >= 0.6 is 11.6 Å². The van der Waals surface area contributed by atoms with Crippen LogP contribution in [0.25, 0.3) is 0 Å². The highest BCUT2D eigenvalue weighted by atomic mass is 35.5. The number of benzene rings is 2. The average Bonchev–Trinajstić information content (AvgIpc) is 2.82. The Balaban J connectivity index is 1.68. The smallest absolute Gasteiger partial charge is 0.126 e. The van der Waals surface area contributed by atoms with Crippen LogP contribution in [0.5, 0.6) is 11.5 Å². The fraction of sp³-hybridized carbons (Fsp3) is 0.500. The second-order valence-electron chi connectivity index (χ2n) is 8.08. The van der Waals surface area contributed by atoms with Crippen molar-refractivity contribution >= 4 is 11.6 Å². The molecule has 0 spiro atoms. The third-order valence-corrected chi connectivity index (χ3v) is 6.15. The molecule has 7 nitrogen and oxygen atoms in total. The SMILES string of the molecule is CCOc1ccc(Cc2cc3c(cc2Cl)OCCCOCC2OC3C(O)C(O)C2O)cc1. The van der Waals surface area contributed by atoms with E-state index in [9.17, 15) is 15.3 Å². The van der Waals surface area contributed by atoms with E-state index < -0.39 is 30.5 Å². The summed E-state index contributed by atoms with van der Waals surface area (Å²) in [5.41, 5.74) is 2.46. The Morgan fingerprint density at radius 3 is 2.56 bits per heavy atom. The van der Waals surface area contributed by atoms with Gasteiger partial charge in [-0.3, -0.25) is 0 Å². The van der Waals surface area contributed by atoms with E-state index in [1.54, 1.807) is 6.07 Å². The molecule has 2 heterocycles. The van der Waals surface area contributed by atoms with E-state index >= 15 is 0 Å². The van der Waals surface area contributed by atoms with Gasteiger partial charge in [0.2, 0.25) is 0 Å². The number of aliphatic hydroxyl groups excluding tert-OH is 3. The molecule has 1 saturated heterocycles. The molecule has 5 unspecified atom stereocenters. The van der Waals surface area contributed by atoms with Crippen molar-refractivity contribution in [3.05, 3.63) is 58.1 Å². The molecule has 32 heavy (non-hydrogen) atoms. The van der Waals surface area contributed by atoms with Crippen LogP contribution in [0.3, 0.4) is 0 Å². The maximum atomic E-state index is 10.7. The molecule has 174 valence electrons. The monoisotopic (exact) mass is 464 g/mol. The largest absolute Gasteiger partial charge is 0.494 e. The highest BCUT2D eigenvalue weighted by Gasteiger charge is 2.45. The fourth-order valence-corrected chi connectivity index (χ4v) is 4.30. The topological polar surface area (TPSA) is 97.6 Å². The van der Waals surface area contributed by atoms with Crippen molar-refractivity contribution in [3.63, 3.8) is 0 Å². The summed E-state index contributed by atoms with van der Waals surface area (Å²) >= 11 is 6.59. The zero-order valence-corrected chi connectivity index (χ0v) is 18.7. The van der Waals surface area contributed by atoms with Crippen LogP contribution in [0.1, 0.15) is 36.1 Å². The molecule has 2 aromatic carbocycles. The first-order valence-electron chi connectivity index (χ1n) is 10.9. The van der Waals surface area contributed by atoms with Crippen LogP contribution < -0.4 is 9.47 Å². The van der Waals surface area contributed by atoms with Gasteiger partial charge in [-0.2, -0.15) is 0 Å². The minimum absolute atomic E-state index is 0.114. The lowest BCUT2D eigenvalue weighted by Gasteiger charge is -2.41. The number of hydrogen-bond donors (Lipinski definition) is 3. The summed E-state index contributed by atoms with van der Waals surface area (Å²) in [5, 5.41) is 32.0. The lowest BCUT2D eigenvalue weighted by Crippen LogP contribution is -2.55. The van der Waals surface area contributed by atoms with Gasteiger partial charge in [-0.05, 0) is 48.7 Å². The van der Waals surface area contributed by atoms with Crippen LogP contribution in [0.4, 0.5) is 0 Å². The van der Waals surface area contributed by atoms with Crippen LogP contribution in [-0.2, 0) is 15.9 Å². The van der Waals surface area contributed by atoms with Crippen LogP contribution in [0.15, 0.2) is 36.4 Å². The second-order valence-corrected chi connectivity index (χ2v) is 8.49. The number of fused-ring (bicyclic) bond motifs is 4. The predicted octanol–water partition coefficient (Wildman–Crippen LogP) is 2.65. The Morgan fingerprint density at radius 2 is 1.81 bits per heavy atom. The maximum Gasteiger partial charge on any atom is 0.126 e. The summed E-state index contributed by atoms with van der Waals surface area (Å²) in [4.78, 5) is 0. The predicted molar refractivity (Wildman–Crippen MR) is 118 cm³/mol. The third kappa shape index (κ3) is 5.03. The highest BCUT2D eigenvalue weighted by Crippen LogP contribution is 2.40. The Bertz CT molecular complexity index is 904. The van der Waals surface area contributed by atoms with Gasteiger partial charge in [0.15, 0.2) is 0 Å². The first-order chi connectivity index (χ1) is 15.5. The van der Waals surface area contributed by atoms with Crippen LogP contribution in [0.2, 0.25) is 5.02 Å². The van der Waals surface area contributed by atoms with E-state index in [0.29, 0.717) is 49.0 Å². The molecule has 0 aliphatic carbocycles. The highest BCUT2D eigenvalue weighted by molar-refractivity contribution is 6.31. The summed E-state index contributed by atoms with van der Waals surface area (Å²) in [6.45, 7) is 3.48. The Morgan fingerprint density at radius 1 is 1.03 bits per heavy atom. The Kier molecular flexibility index (Phi) is 7.55. The molecule has 0 amide bonds. The van der Waals surface area contributed by atoms with Gasteiger partial charge in [0.05, 0.1) is 19.8 Å². The summed E-state index contributed by atoms with van der Waals surface area (Å²) in [7, 11) is 0. The Hall–Kier alpha value is -1.87. The minimum Gasteiger partial charge on any atom is -0.494 e. The van der Waals surface area contributed by atoms with Crippen molar-refractivity contribution in [3.8, 4) is 11.5 Å². The number of rotatable bonds is 4. The number of halogens is 1. The lowest BCUT2D eigenvalue weighted by molar-refractivity contribution is -0.235. The van der Waals surface area contributed by atoms with Crippen molar-refractivity contribution in [2.75, 3.05) is 26.4 Å². The molecule has 2 aliphatic rings. The quantitative estimate of drug-likeness (QED) is 0.640. The first kappa shape index (κ1) is 23.3. The van der Waals surface area contributed by atoms with Gasteiger partial charge < -0.3 is 34.3 Å². The van der Waals surface area contributed by atoms with E-state index in [0.717, 1.165) is 16.9 Å². The Labute approximate surface area is 192 Å². The van der Waals surface area contributed by atoms with Gasteiger partial charge in [-0.1, -0.05) is 23.7 Å². The number of ether oxygens (including phenoxy) is 4. The van der Waals surface area contributed by atoms with E-state index in [1.807, 2.05) is 37.3 Å². The van der Waals surface area contributed by atoms with Gasteiger partial charge in [0, 0.05) is 23.6 Å². The van der Waals surface area contributed by atoms with Gasteiger partial charge in [-0.25, -0.2) is 0 Å². The molecule has 0 aromatic heterocycles.